The predicted molar refractivity (Wildman–Crippen MR) is 124 cm³/mol. The number of hydrogen-bond acceptors (Lipinski definition) is 4. The van der Waals surface area contributed by atoms with Crippen LogP contribution in [0.5, 0.6) is 5.75 Å². The molecular weight excluding hydrogens is 412 g/mol. The van der Waals surface area contributed by atoms with E-state index in [1.807, 2.05) is 56.9 Å². The number of rotatable bonds is 11. The quantitative estimate of drug-likeness (QED) is 0.517. The third-order valence-electron chi connectivity index (χ3n) is 5.60. The van der Waals surface area contributed by atoms with E-state index < -0.39 is 10.0 Å². The number of carbonyl (C=O) groups excluding carboxylic acids is 1. The van der Waals surface area contributed by atoms with Crippen molar-refractivity contribution in [2.75, 3.05) is 26.7 Å². The second-order valence-corrected chi connectivity index (χ2v) is 9.30. The van der Waals surface area contributed by atoms with E-state index in [2.05, 4.69) is 0 Å². The first-order chi connectivity index (χ1) is 14.8. The molecule has 0 N–H and O–H groups in total. The van der Waals surface area contributed by atoms with Crippen LogP contribution >= 0.6 is 0 Å². The topological polar surface area (TPSA) is 66.9 Å². The van der Waals surface area contributed by atoms with E-state index in [9.17, 15) is 13.2 Å². The SMILES string of the molecule is CCN(C(=O)CCc1ccc(S(=O)(=O)N(CC)CC)cc1)C(C)c1cccc(OC)c1. The lowest BCUT2D eigenvalue weighted by Gasteiger charge is -2.29. The maximum atomic E-state index is 12.9. The van der Waals surface area contributed by atoms with Crippen LogP contribution in [0, 0.1) is 0 Å². The average molecular weight is 447 g/mol. The summed E-state index contributed by atoms with van der Waals surface area (Å²) < 4.78 is 32.0. The van der Waals surface area contributed by atoms with Crippen LogP contribution in [0.3, 0.4) is 0 Å². The van der Waals surface area contributed by atoms with Crippen molar-refractivity contribution in [2.45, 2.75) is 51.5 Å². The van der Waals surface area contributed by atoms with Crippen LogP contribution < -0.4 is 4.74 Å². The van der Waals surface area contributed by atoms with Gasteiger partial charge in [0.05, 0.1) is 18.0 Å². The molecule has 0 radical (unpaired) electrons. The monoisotopic (exact) mass is 446 g/mol. The van der Waals surface area contributed by atoms with Gasteiger partial charge in [0, 0.05) is 26.1 Å². The Morgan fingerprint density at radius 2 is 1.65 bits per heavy atom. The van der Waals surface area contributed by atoms with Crippen molar-refractivity contribution in [3.63, 3.8) is 0 Å². The molecule has 6 nitrogen and oxygen atoms in total. The van der Waals surface area contributed by atoms with E-state index >= 15 is 0 Å². The molecule has 1 amide bonds. The molecule has 0 fully saturated rings. The van der Waals surface area contributed by atoms with Crippen molar-refractivity contribution >= 4 is 15.9 Å². The van der Waals surface area contributed by atoms with Crippen molar-refractivity contribution in [2.24, 2.45) is 0 Å². The highest BCUT2D eigenvalue weighted by Crippen LogP contribution is 2.25. The highest BCUT2D eigenvalue weighted by atomic mass is 32.2. The number of hydrogen-bond donors (Lipinski definition) is 0. The van der Waals surface area contributed by atoms with Gasteiger partial charge in [-0.25, -0.2) is 8.42 Å². The summed E-state index contributed by atoms with van der Waals surface area (Å²) in [5.74, 6) is 0.838. The zero-order valence-corrected chi connectivity index (χ0v) is 20.0. The van der Waals surface area contributed by atoms with Gasteiger partial charge in [0.1, 0.15) is 5.75 Å². The fourth-order valence-corrected chi connectivity index (χ4v) is 5.14. The van der Waals surface area contributed by atoms with Gasteiger partial charge in [0.15, 0.2) is 0 Å². The van der Waals surface area contributed by atoms with Crippen LogP contribution in [-0.2, 0) is 21.2 Å². The minimum atomic E-state index is -3.47. The maximum Gasteiger partial charge on any atom is 0.243 e. The summed E-state index contributed by atoms with van der Waals surface area (Å²) >= 11 is 0. The van der Waals surface area contributed by atoms with E-state index in [0.29, 0.717) is 32.5 Å². The summed E-state index contributed by atoms with van der Waals surface area (Å²) in [6.07, 6.45) is 0.927. The smallest absolute Gasteiger partial charge is 0.243 e. The molecule has 0 heterocycles. The molecule has 0 aliphatic rings. The number of amides is 1. The number of nitrogens with zero attached hydrogens (tertiary/aromatic N) is 2. The maximum absolute atomic E-state index is 12.9. The lowest BCUT2D eigenvalue weighted by molar-refractivity contribution is -0.133. The third kappa shape index (κ3) is 6.08. The molecular formula is C24H34N2O4S. The number of carbonyl (C=O) groups is 1. The molecule has 2 aromatic carbocycles. The normalized spacial score (nSPS) is 12.6. The van der Waals surface area contributed by atoms with Gasteiger partial charge in [-0.05, 0) is 55.7 Å². The highest BCUT2D eigenvalue weighted by molar-refractivity contribution is 7.89. The lowest BCUT2D eigenvalue weighted by atomic mass is 10.0. The molecule has 0 aromatic heterocycles. The molecule has 7 heteroatoms. The van der Waals surface area contributed by atoms with Gasteiger partial charge in [0.2, 0.25) is 15.9 Å². The van der Waals surface area contributed by atoms with Crippen molar-refractivity contribution < 1.29 is 17.9 Å². The Labute approximate surface area is 186 Å². The number of benzene rings is 2. The van der Waals surface area contributed by atoms with Crippen LogP contribution in [-0.4, -0.2) is 50.3 Å². The van der Waals surface area contributed by atoms with Gasteiger partial charge in [0.25, 0.3) is 0 Å². The predicted octanol–water partition coefficient (Wildman–Crippen LogP) is 4.27. The first-order valence-electron chi connectivity index (χ1n) is 10.8. The van der Waals surface area contributed by atoms with Crippen LogP contribution in [0.15, 0.2) is 53.4 Å². The molecule has 0 bridgehead atoms. The van der Waals surface area contributed by atoms with Gasteiger partial charge >= 0.3 is 0 Å². The van der Waals surface area contributed by atoms with Gasteiger partial charge in [-0.2, -0.15) is 4.31 Å². The second kappa shape index (κ2) is 11.3. The zero-order valence-electron chi connectivity index (χ0n) is 19.2. The fraction of sp³-hybridized carbons (Fsp3) is 0.458. The summed E-state index contributed by atoms with van der Waals surface area (Å²) in [6, 6.07) is 14.6. The summed E-state index contributed by atoms with van der Waals surface area (Å²) in [4.78, 5) is 15.0. The van der Waals surface area contributed by atoms with Crippen molar-refractivity contribution in [1.82, 2.24) is 9.21 Å². The molecule has 0 saturated heterocycles. The average Bonchev–Trinajstić information content (AvgIpc) is 2.79. The standard InChI is InChI=1S/C24H34N2O4S/c1-6-25(7-2)31(28,29)23-15-12-20(13-16-23)14-17-24(27)26(8-3)19(4)21-10-9-11-22(18-21)30-5/h9-13,15-16,18-19H,6-8,14,17H2,1-5H3. The van der Waals surface area contributed by atoms with Gasteiger partial charge in [-0.15, -0.1) is 0 Å². The Balaban J connectivity index is 2.05. The van der Waals surface area contributed by atoms with Crippen LogP contribution in [0.4, 0.5) is 0 Å². The number of methoxy groups -OCH3 is 1. The Kier molecular flexibility index (Phi) is 9.07. The number of ether oxygens (including phenoxy) is 1. The van der Waals surface area contributed by atoms with Crippen LogP contribution in [0.2, 0.25) is 0 Å². The minimum Gasteiger partial charge on any atom is -0.497 e. The minimum absolute atomic E-state index is 0.0609. The molecule has 2 rings (SSSR count). The summed E-state index contributed by atoms with van der Waals surface area (Å²) in [5, 5.41) is 0. The lowest BCUT2D eigenvalue weighted by Crippen LogP contribution is -2.33. The zero-order chi connectivity index (χ0) is 23.0. The van der Waals surface area contributed by atoms with E-state index in [1.165, 1.54) is 4.31 Å². The van der Waals surface area contributed by atoms with Crippen molar-refractivity contribution in [3.05, 3.63) is 59.7 Å². The second-order valence-electron chi connectivity index (χ2n) is 7.37. The largest absolute Gasteiger partial charge is 0.497 e. The molecule has 0 saturated carbocycles. The van der Waals surface area contributed by atoms with E-state index in [1.54, 1.807) is 31.4 Å². The Hall–Kier alpha value is -2.38. The summed E-state index contributed by atoms with van der Waals surface area (Å²) in [6.45, 7) is 9.13. The Morgan fingerprint density at radius 1 is 1.00 bits per heavy atom. The van der Waals surface area contributed by atoms with Gasteiger partial charge in [-0.1, -0.05) is 38.1 Å². The molecule has 0 aliphatic heterocycles. The number of aryl methyl sites for hydroxylation is 1. The fourth-order valence-electron chi connectivity index (χ4n) is 3.68. The van der Waals surface area contributed by atoms with Crippen molar-refractivity contribution in [1.29, 1.82) is 0 Å². The molecule has 0 aliphatic carbocycles. The summed E-state index contributed by atoms with van der Waals surface area (Å²) in [5.41, 5.74) is 1.97. The molecule has 1 unspecified atom stereocenters. The highest BCUT2D eigenvalue weighted by Gasteiger charge is 2.22. The first kappa shape index (κ1) is 24.9. The molecule has 170 valence electrons. The first-order valence-corrected chi connectivity index (χ1v) is 12.2. The van der Waals surface area contributed by atoms with Crippen LogP contribution in [0.1, 0.15) is 51.3 Å². The molecule has 0 spiro atoms. The Morgan fingerprint density at radius 3 is 2.19 bits per heavy atom. The van der Waals surface area contributed by atoms with Gasteiger partial charge in [-0.3, -0.25) is 4.79 Å². The van der Waals surface area contributed by atoms with Crippen molar-refractivity contribution in [3.8, 4) is 5.75 Å². The summed E-state index contributed by atoms with van der Waals surface area (Å²) in [7, 11) is -1.84. The van der Waals surface area contributed by atoms with E-state index in [4.69, 9.17) is 4.74 Å². The van der Waals surface area contributed by atoms with E-state index in [0.717, 1.165) is 16.9 Å². The van der Waals surface area contributed by atoms with Crippen LogP contribution in [0.25, 0.3) is 0 Å². The molecule has 2 aromatic rings. The van der Waals surface area contributed by atoms with Gasteiger partial charge < -0.3 is 9.64 Å². The third-order valence-corrected chi connectivity index (χ3v) is 7.66. The molecule has 1 atom stereocenters. The molecule has 31 heavy (non-hydrogen) atoms. The Bertz CT molecular complexity index is 954. The number of sulfonamides is 1. The van der Waals surface area contributed by atoms with E-state index in [-0.39, 0.29) is 16.8 Å².